The summed E-state index contributed by atoms with van der Waals surface area (Å²) >= 11 is 0. The van der Waals surface area contributed by atoms with Gasteiger partial charge >= 0.3 is 0 Å². The fraction of sp³-hybridized carbons (Fsp3) is 0.200. The van der Waals surface area contributed by atoms with Crippen molar-refractivity contribution in [1.29, 1.82) is 0 Å². The van der Waals surface area contributed by atoms with Gasteiger partial charge in [0.25, 0.3) is 0 Å². The van der Waals surface area contributed by atoms with Gasteiger partial charge in [-0.1, -0.05) is 60.7 Å². The molecular weight excluding hydrogens is 318 g/mol. The zero-order valence-electron chi connectivity index (χ0n) is 14.1. The molecule has 0 fully saturated rings. The zero-order valence-corrected chi connectivity index (χ0v) is 14.9. The summed E-state index contributed by atoms with van der Waals surface area (Å²) in [7, 11) is -1.36. The van der Waals surface area contributed by atoms with Crippen molar-refractivity contribution in [3.8, 4) is 0 Å². The molecule has 0 aromatic heterocycles. The minimum atomic E-state index is -1.36. The van der Waals surface area contributed by atoms with E-state index < -0.39 is 11.0 Å². The van der Waals surface area contributed by atoms with Crippen LogP contribution in [0.3, 0.4) is 0 Å². The van der Waals surface area contributed by atoms with E-state index >= 15 is 0 Å². The van der Waals surface area contributed by atoms with Crippen LogP contribution in [0.25, 0.3) is 0 Å². The monoisotopic (exact) mass is 341 g/mol. The first-order valence-corrected chi connectivity index (χ1v) is 9.05. The topological polar surface area (TPSA) is 38.3 Å². The number of hydrogen-bond acceptors (Lipinski definition) is 2. The highest BCUT2D eigenvalue weighted by molar-refractivity contribution is 7.83. The second-order valence-corrected chi connectivity index (χ2v) is 6.53. The first kappa shape index (κ1) is 18.2. The molecule has 24 heavy (non-hydrogen) atoms. The molecule has 1 N–H and O–H groups in total. The van der Waals surface area contributed by atoms with Crippen LogP contribution in [0.4, 0.5) is 0 Å². The molecule has 0 saturated carbocycles. The molecule has 2 aromatic carbocycles. The van der Waals surface area contributed by atoms with Crippen LogP contribution in [0.2, 0.25) is 0 Å². The molecule has 1 unspecified atom stereocenters. The summed E-state index contributed by atoms with van der Waals surface area (Å²) in [6.07, 6.45) is 3.48. The fourth-order valence-corrected chi connectivity index (χ4v) is 3.27. The van der Waals surface area contributed by atoms with Crippen molar-refractivity contribution in [1.82, 2.24) is 4.72 Å². The summed E-state index contributed by atoms with van der Waals surface area (Å²) in [6, 6.07) is 17.2. The van der Waals surface area contributed by atoms with E-state index in [1.807, 2.05) is 68.4 Å². The van der Waals surface area contributed by atoms with Gasteiger partial charge in [-0.3, -0.25) is 0 Å². The van der Waals surface area contributed by atoms with Crippen LogP contribution in [0.15, 0.2) is 84.0 Å². The lowest BCUT2D eigenvalue weighted by atomic mass is 10.1. The predicted molar refractivity (Wildman–Crippen MR) is 99.8 cm³/mol. The van der Waals surface area contributed by atoms with Crippen LogP contribution in [-0.4, -0.2) is 10.8 Å². The molecular formula is C20H23NO2S. The lowest BCUT2D eigenvalue weighted by Crippen LogP contribution is -2.26. The van der Waals surface area contributed by atoms with Crippen molar-refractivity contribution in [3.63, 3.8) is 0 Å². The number of allylic oxidation sites excluding steroid dienone is 2. The highest BCUT2D eigenvalue weighted by Gasteiger charge is 2.20. The van der Waals surface area contributed by atoms with Crippen LogP contribution in [-0.2, 0) is 15.7 Å². The Balaban J connectivity index is 2.32. The Bertz CT molecular complexity index is 708. The quantitative estimate of drug-likeness (QED) is 0.569. The Labute approximate surface area is 146 Å². The second kappa shape index (κ2) is 9.21. The normalized spacial score (nSPS) is 14.0. The van der Waals surface area contributed by atoms with Crippen LogP contribution in [0.1, 0.15) is 24.1 Å². The van der Waals surface area contributed by atoms with Crippen molar-refractivity contribution >= 4 is 11.0 Å². The Hall–Kier alpha value is -2.17. The number of hydrogen-bond donors (Lipinski definition) is 1. The summed E-state index contributed by atoms with van der Waals surface area (Å²) < 4.78 is 21.7. The van der Waals surface area contributed by atoms with Crippen molar-refractivity contribution in [2.75, 3.05) is 6.61 Å². The molecule has 126 valence electrons. The maximum Gasteiger partial charge on any atom is 0.125 e. The van der Waals surface area contributed by atoms with Crippen molar-refractivity contribution in [2.24, 2.45) is 0 Å². The molecule has 0 spiro atoms. The van der Waals surface area contributed by atoms with Gasteiger partial charge in [0.2, 0.25) is 0 Å². The van der Waals surface area contributed by atoms with Gasteiger partial charge < -0.3 is 4.74 Å². The smallest absolute Gasteiger partial charge is 0.125 e. The van der Waals surface area contributed by atoms with E-state index in [1.165, 1.54) is 0 Å². The standard InChI is InChI=1S/C20H23NO2S/c1-4-9-19(23-5-2)20(17-10-7-6-8-11-17)21-24(22)18-14-12-16(3)13-15-18/h4,6-15,20-21H,1,5H2,2-3H3/b19-9+/t20-,24?/m0/s1. The number of ether oxygens (including phenoxy) is 1. The number of nitrogens with one attached hydrogen (secondary N) is 1. The minimum Gasteiger partial charge on any atom is -0.496 e. The Kier molecular flexibility index (Phi) is 6.97. The largest absolute Gasteiger partial charge is 0.496 e. The van der Waals surface area contributed by atoms with Crippen molar-refractivity contribution in [3.05, 3.63) is 90.2 Å². The van der Waals surface area contributed by atoms with Crippen LogP contribution >= 0.6 is 0 Å². The second-order valence-electron chi connectivity index (χ2n) is 5.28. The Morgan fingerprint density at radius 1 is 1.21 bits per heavy atom. The zero-order chi connectivity index (χ0) is 17.4. The number of aryl methyl sites for hydroxylation is 1. The highest BCUT2D eigenvalue weighted by atomic mass is 32.2. The van der Waals surface area contributed by atoms with Gasteiger partial charge in [0.1, 0.15) is 22.8 Å². The first-order valence-electron chi connectivity index (χ1n) is 7.90. The Morgan fingerprint density at radius 3 is 2.46 bits per heavy atom. The molecule has 0 aliphatic carbocycles. The third-order valence-electron chi connectivity index (χ3n) is 3.47. The van der Waals surface area contributed by atoms with Crippen molar-refractivity contribution in [2.45, 2.75) is 24.8 Å². The lowest BCUT2D eigenvalue weighted by Gasteiger charge is -2.22. The molecule has 0 saturated heterocycles. The molecule has 0 amide bonds. The molecule has 0 heterocycles. The average molecular weight is 341 g/mol. The van der Waals surface area contributed by atoms with E-state index in [2.05, 4.69) is 11.3 Å². The molecule has 2 atom stereocenters. The molecule has 3 nitrogen and oxygen atoms in total. The maximum atomic E-state index is 12.7. The molecule has 0 aliphatic heterocycles. The van der Waals surface area contributed by atoms with Crippen LogP contribution in [0, 0.1) is 6.92 Å². The fourth-order valence-electron chi connectivity index (χ4n) is 2.28. The van der Waals surface area contributed by atoms with E-state index in [0.717, 1.165) is 16.0 Å². The molecule has 0 radical (unpaired) electrons. The van der Waals surface area contributed by atoms with E-state index in [-0.39, 0.29) is 6.04 Å². The molecule has 2 rings (SSSR count). The summed E-state index contributed by atoms with van der Waals surface area (Å²) in [6.45, 7) is 8.21. The summed E-state index contributed by atoms with van der Waals surface area (Å²) in [4.78, 5) is 0.732. The lowest BCUT2D eigenvalue weighted by molar-refractivity contribution is 0.206. The van der Waals surface area contributed by atoms with Gasteiger partial charge in [0.05, 0.1) is 11.5 Å². The maximum absolute atomic E-state index is 12.7. The molecule has 0 bridgehead atoms. The summed E-state index contributed by atoms with van der Waals surface area (Å²) in [5.41, 5.74) is 2.12. The van der Waals surface area contributed by atoms with Gasteiger partial charge in [-0.15, -0.1) is 0 Å². The Morgan fingerprint density at radius 2 is 1.88 bits per heavy atom. The number of benzene rings is 2. The minimum absolute atomic E-state index is 0.314. The molecule has 0 aliphatic rings. The first-order chi connectivity index (χ1) is 11.7. The van der Waals surface area contributed by atoms with Gasteiger partial charge in [-0.25, -0.2) is 8.93 Å². The average Bonchev–Trinajstić information content (AvgIpc) is 2.61. The van der Waals surface area contributed by atoms with Gasteiger partial charge in [-0.2, -0.15) is 0 Å². The van der Waals surface area contributed by atoms with E-state index in [1.54, 1.807) is 12.2 Å². The van der Waals surface area contributed by atoms with Crippen LogP contribution < -0.4 is 4.72 Å². The predicted octanol–water partition coefficient (Wildman–Crippen LogP) is 4.45. The molecule has 4 heteroatoms. The van der Waals surface area contributed by atoms with Gasteiger partial charge in [-0.05, 0) is 37.6 Å². The van der Waals surface area contributed by atoms with Crippen LogP contribution in [0.5, 0.6) is 0 Å². The number of rotatable bonds is 8. The van der Waals surface area contributed by atoms with Crippen molar-refractivity contribution < 1.29 is 8.95 Å². The third kappa shape index (κ3) is 4.91. The third-order valence-corrected chi connectivity index (χ3v) is 4.62. The SMILES string of the molecule is C=C/C=C(/OCC)[C@@H](NS(=O)c1ccc(C)cc1)c1ccccc1. The van der Waals surface area contributed by atoms with Gasteiger partial charge in [0, 0.05) is 0 Å². The van der Waals surface area contributed by atoms with E-state index in [9.17, 15) is 4.21 Å². The van der Waals surface area contributed by atoms with E-state index in [0.29, 0.717) is 12.4 Å². The highest BCUT2D eigenvalue weighted by Crippen LogP contribution is 2.24. The molecule has 2 aromatic rings. The van der Waals surface area contributed by atoms with Gasteiger partial charge in [0.15, 0.2) is 0 Å². The summed E-state index contributed by atoms with van der Waals surface area (Å²) in [5, 5.41) is 0. The summed E-state index contributed by atoms with van der Waals surface area (Å²) in [5.74, 6) is 0.694. The van der Waals surface area contributed by atoms with E-state index in [4.69, 9.17) is 4.74 Å².